The van der Waals surface area contributed by atoms with Crippen molar-refractivity contribution in [3.63, 3.8) is 0 Å². The maximum atomic E-state index is 12.1. The van der Waals surface area contributed by atoms with E-state index < -0.39 is 5.97 Å². The highest BCUT2D eigenvalue weighted by Gasteiger charge is 2.10. The Kier molecular flexibility index (Phi) is 7.29. The summed E-state index contributed by atoms with van der Waals surface area (Å²) in [5.74, 6) is -0.804. The summed E-state index contributed by atoms with van der Waals surface area (Å²) in [5, 5.41) is 11.5. The van der Waals surface area contributed by atoms with Crippen molar-refractivity contribution >= 4 is 17.7 Å². The molecule has 0 unspecified atom stereocenters. The standard InChI is InChI=1S/C16H24N2O3/c1-3-5-12-18(4-2)16(21)17-14-9-6-13(7-10-14)8-11-15(19)20/h6-7,9-10H,3-5,8,11-12H2,1-2H3,(H,17,21)(H,19,20). The first kappa shape index (κ1) is 17.0. The number of aryl methyl sites for hydroxylation is 1. The molecule has 0 aliphatic rings. The van der Waals surface area contributed by atoms with Gasteiger partial charge in [-0.3, -0.25) is 4.79 Å². The minimum Gasteiger partial charge on any atom is -0.481 e. The zero-order chi connectivity index (χ0) is 15.7. The van der Waals surface area contributed by atoms with Gasteiger partial charge in [0, 0.05) is 25.2 Å². The zero-order valence-electron chi connectivity index (χ0n) is 12.8. The summed E-state index contributed by atoms with van der Waals surface area (Å²) in [5.41, 5.74) is 1.68. The van der Waals surface area contributed by atoms with Gasteiger partial charge in [-0.05, 0) is 37.5 Å². The van der Waals surface area contributed by atoms with Crippen LogP contribution < -0.4 is 5.32 Å². The van der Waals surface area contributed by atoms with Crippen LogP contribution >= 0.6 is 0 Å². The van der Waals surface area contributed by atoms with Gasteiger partial charge in [-0.25, -0.2) is 4.79 Å². The second-order valence-electron chi connectivity index (χ2n) is 4.95. The summed E-state index contributed by atoms with van der Waals surface area (Å²) in [4.78, 5) is 24.4. The van der Waals surface area contributed by atoms with Crippen molar-refractivity contribution in [2.24, 2.45) is 0 Å². The lowest BCUT2D eigenvalue weighted by molar-refractivity contribution is -0.136. The van der Waals surface area contributed by atoms with E-state index in [4.69, 9.17) is 5.11 Å². The lowest BCUT2D eigenvalue weighted by Gasteiger charge is -2.21. The van der Waals surface area contributed by atoms with E-state index in [0.717, 1.165) is 30.6 Å². The molecule has 0 aliphatic heterocycles. The maximum Gasteiger partial charge on any atom is 0.321 e. The fourth-order valence-electron chi connectivity index (χ4n) is 1.96. The van der Waals surface area contributed by atoms with E-state index in [0.29, 0.717) is 13.0 Å². The van der Waals surface area contributed by atoms with Crippen molar-refractivity contribution in [3.8, 4) is 0 Å². The lowest BCUT2D eigenvalue weighted by Crippen LogP contribution is -2.35. The molecule has 0 spiro atoms. The van der Waals surface area contributed by atoms with Crippen molar-refractivity contribution in [2.75, 3.05) is 18.4 Å². The van der Waals surface area contributed by atoms with Gasteiger partial charge in [0.2, 0.25) is 0 Å². The molecular formula is C16H24N2O3. The predicted octanol–water partition coefficient (Wildman–Crippen LogP) is 3.36. The summed E-state index contributed by atoms with van der Waals surface area (Å²) in [6.07, 6.45) is 2.67. The summed E-state index contributed by atoms with van der Waals surface area (Å²) in [7, 11) is 0. The first-order valence-corrected chi connectivity index (χ1v) is 7.43. The molecule has 5 nitrogen and oxygen atoms in total. The van der Waals surface area contributed by atoms with Gasteiger partial charge in [0.25, 0.3) is 0 Å². The van der Waals surface area contributed by atoms with Gasteiger partial charge in [-0.2, -0.15) is 0 Å². The number of carbonyl (C=O) groups is 2. The van der Waals surface area contributed by atoms with Crippen molar-refractivity contribution in [3.05, 3.63) is 29.8 Å². The molecule has 0 saturated carbocycles. The van der Waals surface area contributed by atoms with Crippen LogP contribution in [0, 0.1) is 0 Å². The quantitative estimate of drug-likeness (QED) is 0.772. The Hall–Kier alpha value is -2.04. The Morgan fingerprint density at radius 3 is 2.38 bits per heavy atom. The number of urea groups is 1. The molecule has 1 aromatic carbocycles. The number of hydrogen-bond donors (Lipinski definition) is 2. The molecular weight excluding hydrogens is 268 g/mol. The molecule has 0 radical (unpaired) electrons. The molecule has 0 heterocycles. The molecule has 5 heteroatoms. The molecule has 2 N–H and O–H groups in total. The third-order valence-corrected chi connectivity index (χ3v) is 3.28. The van der Waals surface area contributed by atoms with Crippen molar-refractivity contribution in [1.29, 1.82) is 0 Å². The van der Waals surface area contributed by atoms with Crippen LogP contribution in [0.15, 0.2) is 24.3 Å². The number of anilines is 1. The van der Waals surface area contributed by atoms with Crippen molar-refractivity contribution in [1.82, 2.24) is 4.90 Å². The number of carboxylic acids is 1. The molecule has 0 aliphatic carbocycles. The molecule has 1 rings (SSSR count). The van der Waals surface area contributed by atoms with E-state index in [1.165, 1.54) is 0 Å². The van der Waals surface area contributed by atoms with Gasteiger partial charge in [0.1, 0.15) is 0 Å². The topological polar surface area (TPSA) is 69.6 Å². The highest BCUT2D eigenvalue weighted by atomic mass is 16.4. The third kappa shape index (κ3) is 6.29. The van der Waals surface area contributed by atoms with Crippen LogP contribution in [0.5, 0.6) is 0 Å². The van der Waals surface area contributed by atoms with Crippen molar-refractivity contribution in [2.45, 2.75) is 39.5 Å². The monoisotopic (exact) mass is 292 g/mol. The Morgan fingerprint density at radius 2 is 1.86 bits per heavy atom. The number of unbranched alkanes of at least 4 members (excludes halogenated alkanes) is 1. The first-order valence-electron chi connectivity index (χ1n) is 7.43. The van der Waals surface area contributed by atoms with Crippen LogP contribution in [0.4, 0.5) is 10.5 Å². The van der Waals surface area contributed by atoms with Crippen LogP contribution in [0.25, 0.3) is 0 Å². The van der Waals surface area contributed by atoms with Gasteiger partial charge < -0.3 is 15.3 Å². The second kappa shape index (κ2) is 9.00. The smallest absolute Gasteiger partial charge is 0.321 e. The number of amides is 2. The van der Waals surface area contributed by atoms with E-state index in [-0.39, 0.29) is 12.5 Å². The van der Waals surface area contributed by atoms with Crippen LogP contribution in [-0.2, 0) is 11.2 Å². The molecule has 0 saturated heterocycles. The highest BCUT2D eigenvalue weighted by molar-refractivity contribution is 5.89. The van der Waals surface area contributed by atoms with E-state index in [1.54, 1.807) is 4.90 Å². The lowest BCUT2D eigenvalue weighted by atomic mass is 10.1. The average molecular weight is 292 g/mol. The van der Waals surface area contributed by atoms with Crippen LogP contribution in [0.2, 0.25) is 0 Å². The number of nitrogens with one attached hydrogen (secondary N) is 1. The van der Waals surface area contributed by atoms with Crippen LogP contribution in [0.3, 0.4) is 0 Å². The van der Waals surface area contributed by atoms with Crippen LogP contribution in [0.1, 0.15) is 38.7 Å². The SMILES string of the molecule is CCCCN(CC)C(=O)Nc1ccc(CCC(=O)O)cc1. The first-order chi connectivity index (χ1) is 10.1. The molecule has 0 aromatic heterocycles. The minimum atomic E-state index is -0.804. The Morgan fingerprint density at radius 1 is 1.19 bits per heavy atom. The van der Waals surface area contributed by atoms with Gasteiger partial charge in [-0.15, -0.1) is 0 Å². The molecule has 0 atom stereocenters. The number of hydrogen-bond acceptors (Lipinski definition) is 2. The number of rotatable bonds is 8. The molecule has 0 fully saturated rings. The van der Waals surface area contributed by atoms with Crippen molar-refractivity contribution < 1.29 is 14.7 Å². The Labute approximate surface area is 126 Å². The van der Waals surface area contributed by atoms with Gasteiger partial charge in [0.15, 0.2) is 0 Å². The summed E-state index contributed by atoms with van der Waals surface area (Å²) >= 11 is 0. The van der Waals surface area contributed by atoms with E-state index in [2.05, 4.69) is 12.2 Å². The third-order valence-electron chi connectivity index (χ3n) is 3.28. The van der Waals surface area contributed by atoms with Gasteiger partial charge >= 0.3 is 12.0 Å². The molecule has 2 amide bonds. The highest BCUT2D eigenvalue weighted by Crippen LogP contribution is 2.12. The summed E-state index contributed by atoms with van der Waals surface area (Å²) in [6, 6.07) is 7.22. The van der Waals surface area contributed by atoms with Gasteiger partial charge in [0.05, 0.1) is 0 Å². The number of benzene rings is 1. The fourth-order valence-corrected chi connectivity index (χ4v) is 1.96. The second-order valence-corrected chi connectivity index (χ2v) is 4.95. The maximum absolute atomic E-state index is 12.1. The molecule has 0 bridgehead atoms. The minimum absolute atomic E-state index is 0.0933. The largest absolute Gasteiger partial charge is 0.481 e. The number of carboxylic acid groups (broad SMARTS) is 1. The normalized spacial score (nSPS) is 10.2. The fraction of sp³-hybridized carbons (Fsp3) is 0.500. The predicted molar refractivity (Wildman–Crippen MR) is 83.6 cm³/mol. The van der Waals surface area contributed by atoms with Crippen LogP contribution in [-0.4, -0.2) is 35.1 Å². The number of nitrogens with zero attached hydrogens (tertiary/aromatic N) is 1. The van der Waals surface area contributed by atoms with E-state index in [9.17, 15) is 9.59 Å². The van der Waals surface area contributed by atoms with E-state index >= 15 is 0 Å². The van der Waals surface area contributed by atoms with E-state index in [1.807, 2.05) is 31.2 Å². The zero-order valence-corrected chi connectivity index (χ0v) is 12.8. The molecule has 1 aromatic rings. The molecule has 116 valence electrons. The summed E-state index contributed by atoms with van der Waals surface area (Å²) < 4.78 is 0. The molecule has 21 heavy (non-hydrogen) atoms. The number of carbonyl (C=O) groups excluding carboxylic acids is 1. The Bertz CT molecular complexity index is 457. The summed E-state index contributed by atoms with van der Waals surface area (Å²) in [6.45, 7) is 5.50. The van der Waals surface area contributed by atoms with Gasteiger partial charge in [-0.1, -0.05) is 25.5 Å². The average Bonchev–Trinajstić information content (AvgIpc) is 2.47. The number of aliphatic carboxylic acids is 1. The Balaban J connectivity index is 2.53.